The van der Waals surface area contributed by atoms with Gasteiger partial charge in [-0.2, -0.15) is 0 Å². The van der Waals surface area contributed by atoms with Gasteiger partial charge in [0, 0.05) is 6.04 Å². The second-order valence-electron chi connectivity index (χ2n) is 2.78. The summed E-state index contributed by atoms with van der Waals surface area (Å²) in [5.74, 6) is 0. The molecule has 0 aromatic carbocycles. The van der Waals surface area contributed by atoms with Crippen LogP contribution in [0, 0.1) is 0 Å². The lowest BCUT2D eigenvalue weighted by atomic mass is 10.1. The summed E-state index contributed by atoms with van der Waals surface area (Å²) in [7, 11) is 0. The highest BCUT2D eigenvalue weighted by Crippen LogP contribution is 2.13. The lowest BCUT2D eigenvalue weighted by Crippen LogP contribution is -2.34. The summed E-state index contributed by atoms with van der Waals surface area (Å²) in [6, 6.07) is 0.380. The molecule has 1 aliphatic rings. The van der Waals surface area contributed by atoms with Crippen molar-refractivity contribution in [1.29, 1.82) is 0 Å². The fourth-order valence-electron chi connectivity index (χ4n) is 1.47. The van der Waals surface area contributed by atoms with Crippen molar-refractivity contribution in [1.82, 2.24) is 4.90 Å². The summed E-state index contributed by atoms with van der Waals surface area (Å²) in [6.45, 7) is 9.53. The zero-order chi connectivity index (χ0) is 10.3. The average Bonchev–Trinajstić information content (AvgIpc) is 2.58. The van der Waals surface area contributed by atoms with E-state index in [4.69, 9.17) is 4.74 Å². The summed E-state index contributed by atoms with van der Waals surface area (Å²) < 4.78 is 4.84. The Labute approximate surface area is 81.1 Å². The third-order valence-electron chi connectivity index (χ3n) is 2.18. The van der Waals surface area contributed by atoms with Crippen LogP contribution in [-0.2, 0) is 4.74 Å². The van der Waals surface area contributed by atoms with Gasteiger partial charge >= 0.3 is 6.09 Å². The maximum atomic E-state index is 11.0. The van der Waals surface area contributed by atoms with Crippen molar-refractivity contribution < 1.29 is 9.53 Å². The van der Waals surface area contributed by atoms with Crippen LogP contribution in [0.5, 0.6) is 0 Å². The number of ether oxygens (including phenoxy) is 1. The van der Waals surface area contributed by atoms with Gasteiger partial charge in [-0.3, -0.25) is 0 Å². The predicted octanol–water partition coefficient (Wildman–Crippen LogP) is 2.65. The molecule has 0 aliphatic carbocycles. The number of carbonyl (C=O) groups excluding carboxylic acids is 1. The summed E-state index contributed by atoms with van der Waals surface area (Å²) in [5.41, 5.74) is 0. The SMILES string of the molecule is CC.CCC(CC)N1CCOC1=O. The van der Waals surface area contributed by atoms with E-state index < -0.39 is 0 Å². The summed E-state index contributed by atoms with van der Waals surface area (Å²) >= 11 is 0. The zero-order valence-electron chi connectivity index (χ0n) is 9.17. The lowest BCUT2D eigenvalue weighted by molar-refractivity contribution is 0.146. The van der Waals surface area contributed by atoms with Crippen LogP contribution in [0.15, 0.2) is 0 Å². The molecule has 1 rings (SSSR count). The maximum Gasteiger partial charge on any atom is 0.410 e. The van der Waals surface area contributed by atoms with E-state index in [0.717, 1.165) is 19.4 Å². The Kier molecular flexibility index (Phi) is 6.37. The molecule has 1 saturated heterocycles. The summed E-state index contributed by atoms with van der Waals surface area (Å²) in [6.07, 6.45) is 1.90. The van der Waals surface area contributed by atoms with E-state index in [1.807, 2.05) is 18.7 Å². The molecule has 78 valence electrons. The van der Waals surface area contributed by atoms with E-state index in [9.17, 15) is 4.79 Å². The highest BCUT2D eigenvalue weighted by atomic mass is 16.6. The maximum absolute atomic E-state index is 11.0. The Balaban J connectivity index is 0.000000671. The molecule has 3 heteroatoms. The van der Waals surface area contributed by atoms with Crippen LogP contribution in [-0.4, -0.2) is 30.2 Å². The van der Waals surface area contributed by atoms with E-state index in [0.29, 0.717) is 12.6 Å². The largest absolute Gasteiger partial charge is 0.448 e. The fourth-order valence-corrected chi connectivity index (χ4v) is 1.47. The van der Waals surface area contributed by atoms with Gasteiger partial charge in [-0.1, -0.05) is 27.7 Å². The predicted molar refractivity (Wildman–Crippen MR) is 53.8 cm³/mol. The van der Waals surface area contributed by atoms with E-state index in [1.54, 1.807) is 0 Å². The van der Waals surface area contributed by atoms with Crippen molar-refractivity contribution in [2.24, 2.45) is 0 Å². The number of amides is 1. The number of rotatable bonds is 3. The molecule has 1 heterocycles. The Morgan fingerprint density at radius 3 is 2.23 bits per heavy atom. The molecule has 3 nitrogen and oxygen atoms in total. The molecule has 0 aromatic rings. The highest BCUT2D eigenvalue weighted by molar-refractivity contribution is 5.69. The van der Waals surface area contributed by atoms with Gasteiger partial charge in [0.2, 0.25) is 0 Å². The Morgan fingerprint density at radius 1 is 1.38 bits per heavy atom. The van der Waals surface area contributed by atoms with Crippen LogP contribution in [0.4, 0.5) is 4.79 Å². The Hall–Kier alpha value is -0.730. The van der Waals surface area contributed by atoms with Crippen LogP contribution in [0.25, 0.3) is 0 Å². The molecule has 0 N–H and O–H groups in total. The molecule has 0 saturated carbocycles. The molecule has 0 unspecified atom stereocenters. The minimum atomic E-state index is -0.140. The van der Waals surface area contributed by atoms with Gasteiger partial charge in [0.1, 0.15) is 6.61 Å². The van der Waals surface area contributed by atoms with Gasteiger partial charge in [0.25, 0.3) is 0 Å². The molecule has 1 fully saturated rings. The topological polar surface area (TPSA) is 29.5 Å². The molecule has 1 aliphatic heterocycles. The molecule has 0 bridgehead atoms. The van der Waals surface area contributed by atoms with E-state index in [2.05, 4.69) is 13.8 Å². The normalized spacial score (nSPS) is 15.5. The molecular weight excluding hydrogens is 166 g/mol. The minimum absolute atomic E-state index is 0.140. The Bertz CT molecular complexity index is 144. The fraction of sp³-hybridized carbons (Fsp3) is 0.900. The third kappa shape index (κ3) is 3.25. The molecule has 0 atom stereocenters. The molecule has 0 aromatic heterocycles. The summed E-state index contributed by atoms with van der Waals surface area (Å²) in [5, 5.41) is 0. The van der Waals surface area contributed by atoms with Crippen LogP contribution in [0.2, 0.25) is 0 Å². The van der Waals surface area contributed by atoms with Crippen LogP contribution in [0.3, 0.4) is 0 Å². The van der Waals surface area contributed by atoms with Gasteiger partial charge in [0.15, 0.2) is 0 Å². The van der Waals surface area contributed by atoms with Crippen LogP contribution < -0.4 is 0 Å². The number of nitrogens with zero attached hydrogens (tertiary/aromatic N) is 1. The van der Waals surface area contributed by atoms with Crippen molar-refractivity contribution in [2.45, 2.75) is 46.6 Å². The number of hydrogen-bond acceptors (Lipinski definition) is 2. The molecule has 0 radical (unpaired) electrons. The summed E-state index contributed by atoms with van der Waals surface area (Å²) in [4.78, 5) is 12.9. The van der Waals surface area contributed by atoms with Gasteiger partial charge < -0.3 is 9.64 Å². The first-order valence-corrected chi connectivity index (χ1v) is 5.23. The highest BCUT2D eigenvalue weighted by Gasteiger charge is 2.26. The van der Waals surface area contributed by atoms with E-state index in [-0.39, 0.29) is 6.09 Å². The van der Waals surface area contributed by atoms with Gasteiger partial charge in [-0.25, -0.2) is 4.79 Å². The van der Waals surface area contributed by atoms with E-state index >= 15 is 0 Å². The first-order chi connectivity index (χ1) is 6.29. The van der Waals surface area contributed by atoms with E-state index in [1.165, 1.54) is 0 Å². The quantitative estimate of drug-likeness (QED) is 0.679. The minimum Gasteiger partial charge on any atom is -0.448 e. The smallest absolute Gasteiger partial charge is 0.410 e. The molecular formula is C10H21NO2. The monoisotopic (exact) mass is 187 g/mol. The molecule has 13 heavy (non-hydrogen) atoms. The third-order valence-corrected chi connectivity index (χ3v) is 2.18. The van der Waals surface area contributed by atoms with Crippen LogP contribution in [0.1, 0.15) is 40.5 Å². The second-order valence-corrected chi connectivity index (χ2v) is 2.78. The van der Waals surface area contributed by atoms with Crippen molar-refractivity contribution in [2.75, 3.05) is 13.2 Å². The van der Waals surface area contributed by atoms with Gasteiger partial charge in [0.05, 0.1) is 6.54 Å². The Morgan fingerprint density at radius 2 is 1.92 bits per heavy atom. The zero-order valence-corrected chi connectivity index (χ0v) is 9.17. The number of hydrogen-bond donors (Lipinski definition) is 0. The van der Waals surface area contributed by atoms with Crippen molar-refractivity contribution in [3.8, 4) is 0 Å². The number of carbonyl (C=O) groups is 1. The average molecular weight is 187 g/mol. The molecule has 1 amide bonds. The van der Waals surface area contributed by atoms with Crippen molar-refractivity contribution in [3.63, 3.8) is 0 Å². The van der Waals surface area contributed by atoms with Crippen molar-refractivity contribution >= 4 is 6.09 Å². The lowest BCUT2D eigenvalue weighted by Gasteiger charge is -2.22. The van der Waals surface area contributed by atoms with Crippen LogP contribution >= 0.6 is 0 Å². The first-order valence-electron chi connectivity index (χ1n) is 5.23. The van der Waals surface area contributed by atoms with Crippen molar-refractivity contribution in [3.05, 3.63) is 0 Å². The number of cyclic esters (lactones) is 1. The first kappa shape index (κ1) is 12.3. The standard InChI is InChI=1S/C8H15NO2.C2H6/c1-3-7(4-2)9-5-6-11-8(9)10;1-2/h7H,3-6H2,1-2H3;1-2H3. The second kappa shape index (κ2) is 6.75. The van der Waals surface area contributed by atoms with Gasteiger partial charge in [-0.15, -0.1) is 0 Å². The molecule has 0 spiro atoms. The van der Waals surface area contributed by atoms with Gasteiger partial charge in [-0.05, 0) is 12.8 Å².